The van der Waals surface area contributed by atoms with Crippen molar-refractivity contribution in [2.45, 2.75) is 18.3 Å². The van der Waals surface area contributed by atoms with Crippen molar-refractivity contribution in [3.8, 4) is 11.8 Å². The molecule has 0 spiro atoms. The average Bonchev–Trinajstić information content (AvgIpc) is 3.37. The van der Waals surface area contributed by atoms with E-state index in [4.69, 9.17) is 0 Å². The molecule has 1 unspecified atom stereocenters. The lowest BCUT2D eigenvalue weighted by atomic mass is 9.86. The van der Waals surface area contributed by atoms with Gasteiger partial charge in [-0.05, 0) is 48.0 Å². The predicted molar refractivity (Wildman–Crippen MR) is 105 cm³/mol. The highest BCUT2D eigenvalue weighted by atomic mass is 19.4. The molecule has 4 rings (SSSR count). The summed E-state index contributed by atoms with van der Waals surface area (Å²) >= 11 is 0. The van der Waals surface area contributed by atoms with E-state index in [-0.39, 0.29) is 12.2 Å². The summed E-state index contributed by atoms with van der Waals surface area (Å²) in [6.07, 6.45) is -2.43. The van der Waals surface area contributed by atoms with E-state index in [2.05, 4.69) is 5.10 Å². The minimum Gasteiger partial charge on any atom is -0.372 e. The normalized spacial score (nSPS) is 13.6. The molecule has 0 aliphatic rings. The van der Waals surface area contributed by atoms with E-state index >= 15 is 0 Å². The zero-order chi connectivity index (χ0) is 23.1. The number of aliphatic hydroxyl groups is 1. The van der Waals surface area contributed by atoms with Gasteiger partial charge in [0.1, 0.15) is 23.9 Å². The Bertz CT molecular complexity index is 1350. The van der Waals surface area contributed by atoms with E-state index in [0.717, 1.165) is 29.0 Å². The number of fused-ring (bicyclic) bond motifs is 1. The molecule has 10 heteroatoms. The Hall–Kier alpha value is -3.97. The number of hydrogen-bond acceptors (Lipinski definition) is 4. The van der Waals surface area contributed by atoms with Gasteiger partial charge in [0, 0.05) is 17.1 Å². The van der Waals surface area contributed by atoms with Crippen LogP contribution >= 0.6 is 0 Å². The van der Waals surface area contributed by atoms with Gasteiger partial charge in [0.2, 0.25) is 5.60 Å². The van der Waals surface area contributed by atoms with Gasteiger partial charge in [-0.15, -0.1) is 0 Å². The Morgan fingerprint density at radius 2 is 1.81 bits per heavy atom. The molecule has 0 amide bonds. The second kappa shape index (κ2) is 7.62. The van der Waals surface area contributed by atoms with Crippen LogP contribution in [0.5, 0.6) is 0 Å². The van der Waals surface area contributed by atoms with Crippen molar-refractivity contribution in [2.75, 3.05) is 0 Å². The number of aldehydes is 1. The van der Waals surface area contributed by atoms with Crippen LogP contribution in [0.3, 0.4) is 0 Å². The van der Waals surface area contributed by atoms with Crippen LogP contribution in [0, 0.1) is 17.1 Å². The topological polar surface area (TPSA) is 83.8 Å². The molecule has 162 valence electrons. The highest BCUT2D eigenvalue weighted by Gasteiger charge is 2.57. The number of nitriles is 1. The fraction of sp³-hybridized carbons (Fsp3) is 0.136. The Morgan fingerprint density at radius 1 is 1.09 bits per heavy atom. The largest absolute Gasteiger partial charge is 0.425 e. The van der Waals surface area contributed by atoms with Crippen LogP contribution in [-0.4, -0.2) is 31.9 Å². The SMILES string of the molecule is N#Cc1cc(C(O)(c2ccc3c(cnn3-c3ccc(F)cc3)c2)C(F)(F)F)cn1CC=O. The Balaban J connectivity index is 1.86. The second-order valence-electron chi connectivity index (χ2n) is 7.06. The molecule has 0 aliphatic heterocycles. The van der Waals surface area contributed by atoms with Crippen LogP contribution in [0.1, 0.15) is 16.8 Å². The summed E-state index contributed by atoms with van der Waals surface area (Å²) in [6.45, 7) is -0.333. The minimum absolute atomic E-state index is 0.194. The van der Waals surface area contributed by atoms with Gasteiger partial charge in [-0.2, -0.15) is 23.5 Å². The first kappa shape index (κ1) is 21.3. The van der Waals surface area contributed by atoms with Crippen molar-refractivity contribution in [3.63, 3.8) is 0 Å². The summed E-state index contributed by atoms with van der Waals surface area (Å²) < 4.78 is 58.1. The number of hydrogen-bond donors (Lipinski definition) is 1. The van der Waals surface area contributed by atoms with E-state index in [9.17, 15) is 32.7 Å². The molecule has 0 radical (unpaired) electrons. The second-order valence-corrected chi connectivity index (χ2v) is 7.06. The first-order valence-corrected chi connectivity index (χ1v) is 9.26. The number of carbonyl (C=O) groups excluding carboxylic acids is 1. The Morgan fingerprint density at radius 3 is 2.44 bits per heavy atom. The summed E-state index contributed by atoms with van der Waals surface area (Å²) in [5.74, 6) is -0.444. The molecule has 1 N–H and O–H groups in total. The van der Waals surface area contributed by atoms with Gasteiger partial charge in [0.15, 0.2) is 0 Å². The van der Waals surface area contributed by atoms with Crippen LogP contribution in [0.4, 0.5) is 17.6 Å². The third-order valence-electron chi connectivity index (χ3n) is 5.17. The van der Waals surface area contributed by atoms with Crippen molar-refractivity contribution in [1.82, 2.24) is 14.3 Å². The molecule has 2 heterocycles. The van der Waals surface area contributed by atoms with E-state index in [1.807, 2.05) is 0 Å². The molecule has 0 bridgehead atoms. The molecule has 2 aromatic heterocycles. The number of nitrogens with zero attached hydrogens (tertiary/aromatic N) is 4. The molecule has 1 atom stereocenters. The third kappa shape index (κ3) is 3.33. The summed E-state index contributed by atoms with van der Waals surface area (Å²) in [4.78, 5) is 10.8. The number of benzene rings is 2. The van der Waals surface area contributed by atoms with E-state index < -0.39 is 28.7 Å². The van der Waals surface area contributed by atoms with Gasteiger partial charge in [-0.25, -0.2) is 9.07 Å². The monoisotopic (exact) mass is 442 g/mol. The van der Waals surface area contributed by atoms with Crippen LogP contribution in [0.25, 0.3) is 16.6 Å². The van der Waals surface area contributed by atoms with Gasteiger partial charge in [-0.1, -0.05) is 6.07 Å². The smallest absolute Gasteiger partial charge is 0.372 e. The highest BCUT2D eigenvalue weighted by Crippen LogP contribution is 2.45. The zero-order valence-electron chi connectivity index (χ0n) is 16.2. The lowest BCUT2D eigenvalue weighted by Gasteiger charge is -2.30. The maximum Gasteiger partial charge on any atom is 0.425 e. The van der Waals surface area contributed by atoms with Gasteiger partial charge in [0.25, 0.3) is 0 Å². The van der Waals surface area contributed by atoms with Gasteiger partial charge in [0.05, 0.1) is 23.9 Å². The zero-order valence-corrected chi connectivity index (χ0v) is 16.2. The molecule has 0 aliphatic carbocycles. The first-order valence-electron chi connectivity index (χ1n) is 9.26. The molecule has 0 fully saturated rings. The molecular formula is C22H14F4N4O2. The maximum atomic E-state index is 14.1. The first-order chi connectivity index (χ1) is 15.2. The Labute approximate surface area is 178 Å². The number of alkyl halides is 3. The molecular weight excluding hydrogens is 428 g/mol. The number of aromatic nitrogens is 3. The maximum absolute atomic E-state index is 14.1. The summed E-state index contributed by atoms with van der Waals surface area (Å²) in [5.41, 5.74) is -3.75. The van der Waals surface area contributed by atoms with Crippen molar-refractivity contribution < 1.29 is 27.5 Å². The van der Waals surface area contributed by atoms with E-state index in [0.29, 0.717) is 22.9 Å². The van der Waals surface area contributed by atoms with Crippen molar-refractivity contribution in [1.29, 1.82) is 5.26 Å². The molecule has 2 aromatic carbocycles. The third-order valence-corrected chi connectivity index (χ3v) is 5.17. The number of halogens is 4. The van der Waals surface area contributed by atoms with E-state index in [1.165, 1.54) is 41.2 Å². The van der Waals surface area contributed by atoms with Gasteiger partial charge in [-0.3, -0.25) is 0 Å². The lowest BCUT2D eigenvalue weighted by Crippen LogP contribution is -2.43. The molecule has 0 saturated heterocycles. The number of rotatable bonds is 5. The summed E-state index contributed by atoms with van der Waals surface area (Å²) in [6, 6.07) is 11.7. The summed E-state index contributed by atoms with van der Waals surface area (Å²) in [5, 5.41) is 24.5. The predicted octanol–water partition coefficient (Wildman–Crippen LogP) is 3.83. The lowest BCUT2D eigenvalue weighted by molar-refractivity contribution is -0.248. The molecule has 32 heavy (non-hydrogen) atoms. The summed E-state index contributed by atoms with van der Waals surface area (Å²) in [7, 11) is 0. The van der Waals surface area contributed by atoms with Crippen molar-refractivity contribution in [3.05, 3.63) is 83.6 Å². The molecule has 6 nitrogen and oxygen atoms in total. The number of carbonyl (C=O) groups is 1. The standard InChI is InChI=1S/C22H14F4N4O2/c23-17-2-4-18(5-3-17)30-20-6-1-15(9-14(20)12-28-30)21(32,22(24,25)26)16-10-19(11-27)29(13-16)7-8-31/h1-6,8-10,12-13,32H,7H2. The van der Waals surface area contributed by atoms with Gasteiger partial charge >= 0.3 is 6.18 Å². The van der Waals surface area contributed by atoms with E-state index in [1.54, 1.807) is 6.07 Å². The fourth-order valence-corrected chi connectivity index (χ4v) is 3.57. The highest BCUT2D eigenvalue weighted by molar-refractivity contribution is 5.81. The van der Waals surface area contributed by atoms with Crippen LogP contribution in [0.2, 0.25) is 0 Å². The van der Waals surface area contributed by atoms with Crippen LogP contribution in [-0.2, 0) is 16.9 Å². The van der Waals surface area contributed by atoms with Crippen molar-refractivity contribution in [2.24, 2.45) is 0 Å². The Kier molecular flexibility index (Phi) is 5.06. The minimum atomic E-state index is -5.13. The van der Waals surface area contributed by atoms with Crippen molar-refractivity contribution >= 4 is 17.2 Å². The van der Waals surface area contributed by atoms with Crippen LogP contribution < -0.4 is 0 Å². The molecule has 4 aromatic rings. The quantitative estimate of drug-likeness (QED) is 0.376. The molecule has 0 saturated carbocycles. The van der Waals surface area contributed by atoms with Crippen LogP contribution in [0.15, 0.2) is 60.9 Å². The average molecular weight is 442 g/mol. The fourth-order valence-electron chi connectivity index (χ4n) is 3.57. The van der Waals surface area contributed by atoms with Gasteiger partial charge < -0.3 is 14.5 Å².